The second-order valence-corrected chi connectivity index (χ2v) is 7.54. The fourth-order valence-electron chi connectivity index (χ4n) is 3.69. The highest BCUT2D eigenvalue weighted by molar-refractivity contribution is 7.86. The maximum Gasteiger partial charge on any atom is 0.297 e. The SMILES string of the molecule is CC1C=C2CCCC(CCC(F)S(=O)(=O)O)(C2)C1. The minimum atomic E-state index is -4.53. The summed E-state index contributed by atoms with van der Waals surface area (Å²) in [5, 5.41) is 0. The van der Waals surface area contributed by atoms with E-state index in [1.165, 1.54) is 5.57 Å². The van der Waals surface area contributed by atoms with Crippen LogP contribution in [0.2, 0.25) is 0 Å². The lowest BCUT2D eigenvalue weighted by molar-refractivity contribution is 0.142. The summed E-state index contributed by atoms with van der Waals surface area (Å²) in [5.74, 6) is 0.498. The van der Waals surface area contributed by atoms with Gasteiger partial charge in [-0.2, -0.15) is 8.42 Å². The summed E-state index contributed by atoms with van der Waals surface area (Å²) in [7, 11) is -4.53. The van der Waals surface area contributed by atoms with Gasteiger partial charge in [-0.15, -0.1) is 0 Å². The molecule has 0 aliphatic heterocycles. The molecular formula is C13H21FO3S. The van der Waals surface area contributed by atoms with Crippen LogP contribution in [-0.2, 0) is 10.1 Å². The minimum absolute atomic E-state index is 0.0662. The zero-order valence-electron chi connectivity index (χ0n) is 10.7. The first-order valence-electron chi connectivity index (χ1n) is 6.61. The predicted molar refractivity (Wildman–Crippen MR) is 68.4 cm³/mol. The minimum Gasteiger partial charge on any atom is -0.283 e. The van der Waals surface area contributed by atoms with Crippen molar-refractivity contribution < 1.29 is 17.4 Å². The molecule has 5 heteroatoms. The van der Waals surface area contributed by atoms with E-state index in [-0.39, 0.29) is 11.8 Å². The molecule has 0 aromatic carbocycles. The van der Waals surface area contributed by atoms with Crippen molar-refractivity contribution in [2.75, 3.05) is 0 Å². The van der Waals surface area contributed by atoms with Crippen molar-refractivity contribution in [1.29, 1.82) is 0 Å². The smallest absolute Gasteiger partial charge is 0.283 e. The van der Waals surface area contributed by atoms with Gasteiger partial charge < -0.3 is 0 Å². The van der Waals surface area contributed by atoms with Crippen LogP contribution < -0.4 is 0 Å². The number of hydrogen-bond acceptors (Lipinski definition) is 2. The van der Waals surface area contributed by atoms with Crippen LogP contribution in [0.3, 0.4) is 0 Å². The quantitative estimate of drug-likeness (QED) is 0.632. The Kier molecular flexibility index (Phi) is 3.83. The molecule has 2 rings (SSSR count). The van der Waals surface area contributed by atoms with E-state index < -0.39 is 15.6 Å². The summed E-state index contributed by atoms with van der Waals surface area (Å²) in [4.78, 5) is 0. The molecule has 0 aromatic heterocycles. The standard InChI is InChI=1S/C13H21FO3S/c1-10-7-11-3-2-5-13(8-10,9-11)6-4-12(14)18(15,16)17/h7,10,12H,2-6,8-9H2,1H3,(H,15,16,17). The highest BCUT2D eigenvalue weighted by atomic mass is 32.2. The molecule has 1 saturated carbocycles. The van der Waals surface area contributed by atoms with Crippen LogP contribution in [0.15, 0.2) is 11.6 Å². The summed E-state index contributed by atoms with van der Waals surface area (Å²) in [5.41, 5.74) is -0.614. The van der Waals surface area contributed by atoms with E-state index in [1.54, 1.807) is 0 Å². The Bertz CT molecular complexity index is 443. The van der Waals surface area contributed by atoms with Crippen molar-refractivity contribution in [3.63, 3.8) is 0 Å². The molecular weight excluding hydrogens is 255 g/mol. The summed E-state index contributed by atoms with van der Waals surface area (Å²) < 4.78 is 43.4. The number of allylic oxidation sites excluding steroid dienone is 2. The van der Waals surface area contributed by atoms with E-state index in [0.717, 1.165) is 32.1 Å². The van der Waals surface area contributed by atoms with Crippen LogP contribution in [0.5, 0.6) is 0 Å². The lowest BCUT2D eigenvalue weighted by Gasteiger charge is -2.44. The lowest BCUT2D eigenvalue weighted by Crippen LogP contribution is -2.32. The number of rotatable bonds is 4. The maximum absolute atomic E-state index is 13.3. The van der Waals surface area contributed by atoms with Crippen molar-refractivity contribution in [3.8, 4) is 0 Å². The Morgan fingerprint density at radius 3 is 3.00 bits per heavy atom. The van der Waals surface area contributed by atoms with Gasteiger partial charge in [0.15, 0.2) is 0 Å². The molecule has 2 aliphatic rings. The Morgan fingerprint density at radius 1 is 1.61 bits per heavy atom. The van der Waals surface area contributed by atoms with E-state index >= 15 is 0 Å². The number of alkyl halides is 1. The third-order valence-corrected chi connectivity index (χ3v) is 5.19. The lowest BCUT2D eigenvalue weighted by atomic mass is 9.62. The van der Waals surface area contributed by atoms with Crippen molar-refractivity contribution in [1.82, 2.24) is 0 Å². The molecule has 2 bridgehead atoms. The number of hydrogen-bond donors (Lipinski definition) is 1. The van der Waals surface area contributed by atoms with Gasteiger partial charge in [-0.1, -0.05) is 18.6 Å². The van der Waals surface area contributed by atoms with Crippen molar-refractivity contribution in [2.45, 2.75) is 57.4 Å². The largest absolute Gasteiger partial charge is 0.297 e. The molecule has 0 amide bonds. The molecule has 0 aromatic rings. The molecule has 3 unspecified atom stereocenters. The van der Waals surface area contributed by atoms with Gasteiger partial charge in [0, 0.05) is 0 Å². The molecule has 0 spiro atoms. The molecule has 1 N–H and O–H groups in total. The van der Waals surface area contributed by atoms with Gasteiger partial charge in [-0.3, -0.25) is 4.55 Å². The average Bonchev–Trinajstić information content (AvgIpc) is 2.23. The molecule has 3 atom stereocenters. The van der Waals surface area contributed by atoms with Crippen molar-refractivity contribution in [2.24, 2.45) is 11.3 Å². The average molecular weight is 276 g/mol. The third-order valence-electron chi connectivity index (χ3n) is 4.31. The van der Waals surface area contributed by atoms with Gasteiger partial charge in [0.1, 0.15) is 0 Å². The molecule has 0 heterocycles. The molecule has 2 aliphatic carbocycles. The van der Waals surface area contributed by atoms with E-state index in [9.17, 15) is 12.8 Å². The van der Waals surface area contributed by atoms with Gasteiger partial charge in [0.25, 0.3) is 10.1 Å². The monoisotopic (exact) mass is 276 g/mol. The fourth-order valence-corrected chi connectivity index (χ4v) is 4.11. The van der Waals surface area contributed by atoms with Crippen LogP contribution in [0, 0.1) is 11.3 Å². The fraction of sp³-hybridized carbons (Fsp3) is 0.846. The maximum atomic E-state index is 13.3. The number of halogens is 1. The van der Waals surface area contributed by atoms with E-state index in [0.29, 0.717) is 12.3 Å². The first-order valence-corrected chi connectivity index (χ1v) is 8.11. The molecule has 0 radical (unpaired) electrons. The van der Waals surface area contributed by atoms with Crippen LogP contribution in [0.25, 0.3) is 0 Å². The molecule has 1 fully saturated rings. The Balaban J connectivity index is 2.02. The topological polar surface area (TPSA) is 54.4 Å². The summed E-state index contributed by atoms with van der Waals surface area (Å²) in [6.07, 6.45) is 8.06. The van der Waals surface area contributed by atoms with Crippen LogP contribution in [-0.4, -0.2) is 18.5 Å². The first kappa shape index (κ1) is 14.0. The second kappa shape index (κ2) is 4.93. The zero-order valence-corrected chi connectivity index (χ0v) is 11.5. The summed E-state index contributed by atoms with van der Waals surface area (Å²) in [6.45, 7) is 2.16. The Labute approximate surface area is 108 Å². The highest BCUT2D eigenvalue weighted by Crippen LogP contribution is 2.51. The van der Waals surface area contributed by atoms with E-state index in [2.05, 4.69) is 13.0 Å². The van der Waals surface area contributed by atoms with Crippen LogP contribution >= 0.6 is 0 Å². The van der Waals surface area contributed by atoms with E-state index in [1.807, 2.05) is 0 Å². The Hall–Kier alpha value is -0.420. The molecule has 18 heavy (non-hydrogen) atoms. The predicted octanol–water partition coefficient (Wildman–Crippen LogP) is 3.48. The van der Waals surface area contributed by atoms with Crippen LogP contribution in [0.1, 0.15) is 51.9 Å². The van der Waals surface area contributed by atoms with Gasteiger partial charge >= 0.3 is 0 Å². The normalized spacial score (nSPS) is 33.9. The first-order chi connectivity index (χ1) is 8.31. The van der Waals surface area contributed by atoms with Gasteiger partial charge in [0.2, 0.25) is 5.50 Å². The van der Waals surface area contributed by atoms with Crippen molar-refractivity contribution >= 4 is 10.1 Å². The zero-order chi connectivity index (χ0) is 13.4. The third kappa shape index (κ3) is 3.12. The van der Waals surface area contributed by atoms with Gasteiger partial charge in [-0.05, 0) is 56.3 Å². The van der Waals surface area contributed by atoms with Crippen molar-refractivity contribution in [3.05, 3.63) is 11.6 Å². The van der Waals surface area contributed by atoms with E-state index in [4.69, 9.17) is 4.55 Å². The second-order valence-electron chi connectivity index (χ2n) is 6.00. The summed E-state index contributed by atoms with van der Waals surface area (Å²) in [6, 6.07) is 0. The van der Waals surface area contributed by atoms with Gasteiger partial charge in [0.05, 0.1) is 0 Å². The number of fused-ring (bicyclic) bond motifs is 2. The molecule has 0 saturated heterocycles. The van der Waals surface area contributed by atoms with Crippen LogP contribution in [0.4, 0.5) is 4.39 Å². The highest BCUT2D eigenvalue weighted by Gasteiger charge is 2.39. The summed E-state index contributed by atoms with van der Waals surface area (Å²) >= 11 is 0. The Morgan fingerprint density at radius 2 is 2.33 bits per heavy atom. The molecule has 104 valence electrons. The molecule has 3 nitrogen and oxygen atoms in total. The van der Waals surface area contributed by atoms with Gasteiger partial charge in [-0.25, -0.2) is 4.39 Å².